The second-order valence-electron chi connectivity index (χ2n) is 2.76. The van der Waals surface area contributed by atoms with Crippen LogP contribution in [-0.4, -0.2) is 13.1 Å². The minimum Gasteiger partial charge on any atom is -0.468 e. The number of carbonyl (C=O) groups is 1. The number of rotatable bonds is 2. The molecule has 1 atom stereocenters. The molecule has 16 heavy (non-hydrogen) atoms. The van der Waals surface area contributed by atoms with Gasteiger partial charge in [-0.05, 0) is 12.1 Å². The van der Waals surface area contributed by atoms with Gasteiger partial charge in [-0.2, -0.15) is 0 Å². The van der Waals surface area contributed by atoms with Crippen molar-refractivity contribution in [2.75, 3.05) is 7.11 Å². The van der Waals surface area contributed by atoms with Crippen LogP contribution < -0.4 is 5.73 Å². The van der Waals surface area contributed by atoms with Gasteiger partial charge in [0.15, 0.2) is 0 Å². The van der Waals surface area contributed by atoms with E-state index in [4.69, 9.17) is 28.9 Å². The molecule has 0 aliphatic carbocycles. The molecular weight excluding hydrogens is 279 g/mol. The summed E-state index contributed by atoms with van der Waals surface area (Å²) in [6.45, 7) is 0. The first-order valence-corrected chi connectivity index (χ1v) is 4.71. The molecule has 90 valence electrons. The van der Waals surface area contributed by atoms with Gasteiger partial charge in [-0.25, -0.2) is 4.39 Å². The number of esters is 1. The average Bonchev–Trinajstić information content (AvgIpc) is 2.22. The Kier molecular flexibility index (Phi) is 6.04. The standard InChI is InChI=1S/C9H8Cl2FNO2.ClH/c1-15-9(14)8(13)6-4(10)2-3-5(11)7(6)12;/h2-3,8H,13H2,1H3;1H/t8-;/m0./s1. The Bertz CT molecular complexity index is 401. The summed E-state index contributed by atoms with van der Waals surface area (Å²) < 4.78 is 17.9. The largest absolute Gasteiger partial charge is 0.468 e. The third-order valence-electron chi connectivity index (χ3n) is 1.85. The number of benzene rings is 1. The van der Waals surface area contributed by atoms with Gasteiger partial charge >= 0.3 is 5.97 Å². The van der Waals surface area contributed by atoms with Crippen LogP contribution in [0.2, 0.25) is 10.0 Å². The van der Waals surface area contributed by atoms with Crippen LogP contribution in [0.1, 0.15) is 11.6 Å². The predicted octanol–water partition coefficient (Wildman–Crippen LogP) is 2.73. The van der Waals surface area contributed by atoms with Crippen molar-refractivity contribution in [3.8, 4) is 0 Å². The monoisotopic (exact) mass is 287 g/mol. The van der Waals surface area contributed by atoms with Gasteiger partial charge < -0.3 is 10.5 Å². The van der Waals surface area contributed by atoms with E-state index >= 15 is 0 Å². The Morgan fingerprint density at radius 2 is 1.94 bits per heavy atom. The molecular formula is C9H9Cl3FNO2. The van der Waals surface area contributed by atoms with Crippen molar-refractivity contribution in [1.82, 2.24) is 0 Å². The summed E-state index contributed by atoms with van der Waals surface area (Å²) in [6.07, 6.45) is 0. The van der Waals surface area contributed by atoms with E-state index in [2.05, 4.69) is 4.74 Å². The molecule has 0 radical (unpaired) electrons. The van der Waals surface area contributed by atoms with E-state index in [0.29, 0.717) is 0 Å². The van der Waals surface area contributed by atoms with E-state index in [9.17, 15) is 9.18 Å². The van der Waals surface area contributed by atoms with Crippen LogP contribution in [0.3, 0.4) is 0 Å². The molecule has 0 saturated carbocycles. The first-order valence-electron chi connectivity index (χ1n) is 3.95. The molecule has 3 nitrogen and oxygen atoms in total. The van der Waals surface area contributed by atoms with E-state index in [0.717, 1.165) is 7.11 Å². The normalized spacial score (nSPS) is 11.6. The zero-order valence-electron chi connectivity index (χ0n) is 8.17. The molecule has 0 unspecified atom stereocenters. The highest BCUT2D eigenvalue weighted by Gasteiger charge is 2.24. The molecule has 7 heteroatoms. The molecule has 0 amide bonds. The lowest BCUT2D eigenvalue weighted by molar-refractivity contribution is -0.142. The zero-order valence-corrected chi connectivity index (χ0v) is 10.5. The second-order valence-corrected chi connectivity index (χ2v) is 3.57. The van der Waals surface area contributed by atoms with Gasteiger partial charge in [-0.1, -0.05) is 23.2 Å². The Morgan fingerprint density at radius 3 is 2.44 bits per heavy atom. The summed E-state index contributed by atoms with van der Waals surface area (Å²) in [5, 5.41) is -0.108. The molecule has 1 aromatic rings. The number of hydrogen-bond donors (Lipinski definition) is 1. The Hall–Kier alpha value is -0.550. The van der Waals surface area contributed by atoms with Gasteiger partial charge in [0.2, 0.25) is 0 Å². The van der Waals surface area contributed by atoms with Crippen LogP contribution in [0.5, 0.6) is 0 Å². The van der Waals surface area contributed by atoms with E-state index < -0.39 is 17.8 Å². The molecule has 0 spiro atoms. The fraction of sp³-hybridized carbons (Fsp3) is 0.222. The summed E-state index contributed by atoms with van der Waals surface area (Å²) in [6, 6.07) is 1.37. The molecule has 1 rings (SSSR count). The van der Waals surface area contributed by atoms with Crippen molar-refractivity contribution in [3.63, 3.8) is 0 Å². The number of ether oxygens (including phenoxy) is 1. The van der Waals surface area contributed by atoms with Gasteiger partial charge in [0.25, 0.3) is 0 Å². The van der Waals surface area contributed by atoms with Crippen LogP contribution in [0.4, 0.5) is 4.39 Å². The van der Waals surface area contributed by atoms with Gasteiger partial charge in [0, 0.05) is 10.6 Å². The van der Waals surface area contributed by atoms with E-state index in [1.165, 1.54) is 12.1 Å². The van der Waals surface area contributed by atoms with Crippen molar-refractivity contribution in [2.45, 2.75) is 6.04 Å². The van der Waals surface area contributed by atoms with Gasteiger partial charge in [0.05, 0.1) is 12.1 Å². The van der Waals surface area contributed by atoms with Crippen LogP contribution in [0, 0.1) is 5.82 Å². The number of carbonyl (C=O) groups excluding carboxylic acids is 1. The maximum atomic E-state index is 13.5. The van der Waals surface area contributed by atoms with Crippen molar-refractivity contribution in [3.05, 3.63) is 33.6 Å². The molecule has 0 saturated heterocycles. The first-order chi connectivity index (χ1) is 6.99. The van der Waals surface area contributed by atoms with Crippen LogP contribution in [-0.2, 0) is 9.53 Å². The van der Waals surface area contributed by atoms with Crippen molar-refractivity contribution < 1.29 is 13.9 Å². The lowest BCUT2D eigenvalue weighted by atomic mass is 10.1. The maximum absolute atomic E-state index is 13.5. The number of hydrogen-bond acceptors (Lipinski definition) is 3. The fourth-order valence-electron chi connectivity index (χ4n) is 1.07. The van der Waals surface area contributed by atoms with E-state index in [1.807, 2.05) is 0 Å². The topological polar surface area (TPSA) is 52.3 Å². The minimum atomic E-state index is -1.28. The maximum Gasteiger partial charge on any atom is 0.327 e. The highest BCUT2D eigenvalue weighted by molar-refractivity contribution is 6.34. The van der Waals surface area contributed by atoms with Gasteiger partial charge in [-0.15, -0.1) is 12.4 Å². The molecule has 0 bridgehead atoms. The predicted molar refractivity (Wildman–Crippen MR) is 62.6 cm³/mol. The molecule has 0 aromatic heterocycles. The summed E-state index contributed by atoms with van der Waals surface area (Å²) in [5.74, 6) is -1.58. The Morgan fingerprint density at radius 1 is 1.44 bits per heavy atom. The summed E-state index contributed by atoms with van der Waals surface area (Å²) in [7, 11) is 1.15. The lowest BCUT2D eigenvalue weighted by Crippen LogP contribution is -2.24. The highest BCUT2D eigenvalue weighted by atomic mass is 35.5. The van der Waals surface area contributed by atoms with Gasteiger partial charge in [-0.3, -0.25) is 4.79 Å². The first kappa shape index (κ1) is 15.4. The molecule has 0 heterocycles. The third-order valence-corrected chi connectivity index (χ3v) is 2.47. The number of nitrogens with two attached hydrogens (primary N) is 1. The van der Waals surface area contributed by atoms with Crippen molar-refractivity contribution in [1.29, 1.82) is 0 Å². The molecule has 0 fully saturated rings. The SMILES string of the molecule is COC(=O)[C@@H](N)c1c(Cl)ccc(Cl)c1F.Cl. The van der Waals surface area contributed by atoms with E-state index in [1.54, 1.807) is 0 Å². The molecule has 0 aliphatic rings. The van der Waals surface area contributed by atoms with Crippen LogP contribution in [0.25, 0.3) is 0 Å². The second kappa shape index (κ2) is 6.25. The number of halogens is 4. The average molecular weight is 289 g/mol. The minimum absolute atomic E-state index is 0. The fourth-order valence-corrected chi connectivity index (χ4v) is 1.50. The quantitative estimate of drug-likeness (QED) is 0.672. The smallest absolute Gasteiger partial charge is 0.327 e. The van der Waals surface area contributed by atoms with Crippen LogP contribution >= 0.6 is 35.6 Å². The summed E-state index contributed by atoms with van der Waals surface area (Å²) in [5.41, 5.74) is 5.31. The Balaban J connectivity index is 0.00000225. The van der Waals surface area contributed by atoms with Crippen molar-refractivity contribution in [2.24, 2.45) is 5.73 Å². The lowest BCUT2D eigenvalue weighted by Gasteiger charge is -2.12. The number of methoxy groups -OCH3 is 1. The molecule has 2 N–H and O–H groups in total. The summed E-state index contributed by atoms with van der Waals surface area (Å²) in [4.78, 5) is 11.1. The zero-order chi connectivity index (χ0) is 11.6. The van der Waals surface area contributed by atoms with Crippen molar-refractivity contribution >= 4 is 41.6 Å². The third kappa shape index (κ3) is 2.98. The highest BCUT2D eigenvalue weighted by Crippen LogP contribution is 2.29. The molecule has 1 aromatic carbocycles. The van der Waals surface area contributed by atoms with E-state index in [-0.39, 0.29) is 28.0 Å². The molecule has 0 aliphatic heterocycles. The Labute approximate surface area is 108 Å². The van der Waals surface area contributed by atoms with Gasteiger partial charge in [0.1, 0.15) is 11.9 Å². The van der Waals surface area contributed by atoms with Crippen LogP contribution in [0.15, 0.2) is 12.1 Å². The summed E-state index contributed by atoms with van der Waals surface area (Å²) >= 11 is 11.2.